The van der Waals surface area contributed by atoms with Crippen LogP contribution in [0.15, 0.2) is 77.7 Å². The van der Waals surface area contributed by atoms with Crippen LogP contribution in [0.1, 0.15) is 18.4 Å². The van der Waals surface area contributed by atoms with Gasteiger partial charge in [0.1, 0.15) is 16.5 Å². The Bertz CT molecular complexity index is 1520. The molecule has 5 rings (SSSR count). The SMILES string of the molecule is COc1ccc2sc(N(Cc3ccccc3)C(=O)C3CCN(S(=O)(=O)c4ccccc4F)CC3)nc2c1. The number of ether oxygens (including phenoxy) is 1. The van der Waals surface area contributed by atoms with Crippen LogP contribution in [0, 0.1) is 11.7 Å². The number of rotatable bonds is 7. The Kier molecular flexibility index (Phi) is 7.23. The lowest BCUT2D eigenvalue weighted by molar-refractivity contribution is -0.123. The first-order valence-electron chi connectivity index (χ1n) is 11.9. The van der Waals surface area contributed by atoms with E-state index in [1.165, 1.54) is 33.8 Å². The average Bonchev–Trinajstić information content (AvgIpc) is 3.35. The smallest absolute Gasteiger partial charge is 0.245 e. The molecule has 192 valence electrons. The van der Waals surface area contributed by atoms with Gasteiger partial charge in [0.15, 0.2) is 5.13 Å². The summed E-state index contributed by atoms with van der Waals surface area (Å²) in [5.74, 6) is -0.564. The van der Waals surface area contributed by atoms with Crippen LogP contribution in [0.3, 0.4) is 0 Å². The molecular weight excluding hydrogens is 513 g/mol. The minimum Gasteiger partial charge on any atom is -0.497 e. The van der Waals surface area contributed by atoms with Crippen LogP contribution in [0.4, 0.5) is 9.52 Å². The van der Waals surface area contributed by atoms with Crippen molar-refractivity contribution in [1.82, 2.24) is 9.29 Å². The van der Waals surface area contributed by atoms with Crippen molar-refractivity contribution in [2.45, 2.75) is 24.3 Å². The predicted molar refractivity (Wildman–Crippen MR) is 142 cm³/mol. The number of thiazole rings is 1. The molecule has 0 spiro atoms. The highest BCUT2D eigenvalue weighted by atomic mass is 32.2. The summed E-state index contributed by atoms with van der Waals surface area (Å²) in [6.45, 7) is 0.636. The maximum Gasteiger partial charge on any atom is 0.245 e. The second kappa shape index (κ2) is 10.6. The third-order valence-electron chi connectivity index (χ3n) is 6.52. The first-order valence-corrected chi connectivity index (χ1v) is 14.2. The van der Waals surface area contributed by atoms with Gasteiger partial charge in [-0.2, -0.15) is 4.31 Å². The van der Waals surface area contributed by atoms with E-state index < -0.39 is 15.8 Å². The van der Waals surface area contributed by atoms with Gasteiger partial charge in [-0.15, -0.1) is 0 Å². The third-order valence-corrected chi connectivity index (χ3v) is 9.51. The van der Waals surface area contributed by atoms with Gasteiger partial charge in [0.05, 0.1) is 23.9 Å². The number of sulfonamides is 1. The van der Waals surface area contributed by atoms with Crippen LogP contribution < -0.4 is 9.64 Å². The van der Waals surface area contributed by atoms with Crippen molar-refractivity contribution in [3.8, 4) is 5.75 Å². The largest absolute Gasteiger partial charge is 0.497 e. The highest BCUT2D eigenvalue weighted by Crippen LogP contribution is 2.34. The molecule has 0 N–H and O–H groups in total. The van der Waals surface area contributed by atoms with E-state index in [4.69, 9.17) is 9.72 Å². The standard InChI is InChI=1S/C27H26FN3O4S2/c1-35-21-11-12-24-23(17-21)29-27(36-24)31(18-19-7-3-2-4-8-19)26(32)20-13-15-30(16-14-20)37(33,34)25-10-6-5-9-22(25)28/h2-12,17,20H,13-16,18H2,1H3. The number of carbonyl (C=O) groups is 1. The molecule has 10 heteroatoms. The number of carbonyl (C=O) groups excluding carboxylic acids is 1. The lowest BCUT2D eigenvalue weighted by atomic mass is 9.96. The zero-order valence-corrected chi connectivity index (χ0v) is 21.8. The highest BCUT2D eigenvalue weighted by molar-refractivity contribution is 7.89. The highest BCUT2D eigenvalue weighted by Gasteiger charge is 2.36. The van der Waals surface area contributed by atoms with Gasteiger partial charge in [0, 0.05) is 25.1 Å². The number of piperidine rings is 1. The van der Waals surface area contributed by atoms with E-state index in [2.05, 4.69) is 0 Å². The summed E-state index contributed by atoms with van der Waals surface area (Å²) in [6, 6.07) is 20.7. The number of hydrogen-bond donors (Lipinski definition) is 0. The van der Waals surface area contributed by atoms with Gasteiger partial charge < -0.3 is 4.74 Å². The van der Waals surface area contributed by atoms with E-state index >= 15 is 0 Å². The molecule has 4 aromatic rings. The van der Waals surface area contributed by atoms with Crippen LogP contribution in [0.5, 0.6) is 5.75 Å². The molecule has 0 bridgehead atoms. The van der Waals surface area contributed by atoms with E-state index in [1.807, 2.05) is 48.5 Å². The summed E-state index contributed by atoms with van der Waals surface area (Å²) < 4.78 is 47.7. The fourth-order valence-electron chi connectivity index (χ4n) is 4.50. The van der Waals surface area contributed by atoms with Gasteiger partial charge in [-0.25, -0.2) is 17.8 Å². The Balaban J connectivity index is 1.38. The molecule has 2 heterocycles. The number of halogens is 1. The van der Waals surface area contributed by atoms with Crippen LogP contribution in [0.2, 0.25) is 0 Å². The van der Waals surface area contributed by atoms with Crippen LogP contribution in [-0.4, -0.2) is 43.8 Å². The number of anilines is 1. The molecule has 1 aliphatic rings. The molecule has 1 aliphatic heterocycles. The Morgan fingerprint density at radius 3 is 2.49 bits per heavy atom. The van der Waals surface area contributed by atoms with Gasteiger partial charge >= 0.3 is 0 Å². The van der Waals surface area contributed by atoms with Gasteiger partial charge in [-0.1, -0.05) is 53.8 Å². The second-order valence-electron chi connectivity index (χ2n) is 8.85. The monoisotopic (exact) mass is 539 g/mol. The van der Waals surface area contributed by atoms with Crippen molar-refractivity contribution in [2.24, 2.45) is 5.92 Å². The second-order valence-corrected chi connectivity index (χ2v) is 11.8. The molecule has 1 aromatic heterocycles. The summed E-state index contributed by atoms with van der Waals surface area (Å²) in [4.78, 5) is 19.9. The van der Waals surface area contributed by atoms with E-state index in [0.717, 1.165) is 21.8 Å². The number of nitrogens with zero attached hydrogens (tertiary/aromatic N) is 3. The lowest BCUT2D eigenvalue weighted by Crippen LogP contribution is -2.44. The summed E-state index contributed by atoms with van der Waals surface area (Å²) in [5.41, 5.74) is 1.71. The summed E-state index contributed by atoms with van der Waals surface area (Å²) in [5, 5.41) is 0.582. The third kappa shape index (κ3) is 5.22. The van der Waals surface area contributed by atoms with Gasteiger partial charge in [-0.3, -0.25) is 9.69 Å². The summed E-state index contributed by atoms with van der Waals surface area (Å²) in [6.07, 6.45) is 0.688. The fourth-order valence-corrected chi connectivity index (χ4v) is 6.99. The molecular formula is C27H26FN3O4S2. The Hall–Kier alpha value is -3.34. The fraction of sp³-hybridized carbons (Fsp3) is 0.259. The first kappa shape index (κ1) is 25.3. The summed E-state index contributed by atoms with van der Waals surface area (Å²) in [7, 11) is -2.38. The predicted octanol–water partition coefficient (Wildman–Crippen LogP) is 5.08. The van der Waals surface area contributed by atoms with Crippen molar-refractivity contribution < 1.29 is 22.3 Å². The molecule has 0 aliphatic carbocycles. The van der Waals surface area contributed by atoms with Crippen LogP contribution in [0.25, 0.3) is 10.2 Å². The molecule has 3 aromatic carbocycles. The first-order chi connectivity index (χ1) is 17.9. The molecule has 0 atom stereocenters. The zero-order valence-electron chi connectivity index (χ0n) is 20.2. The zero-order chi connectivity index (χ0) is 26.0. The Morgan fingerprint density at radius 1 is 1.08 bits per heavy atom. The molecule has 0 saturated carbocycles. The number of methoxy groups -OCH3 is 1. The maximum absolute atomic E-state index is 14.2. The topological polar surface area (TPSA) is 79.8 Å². The average molecular weight is 540 g/mol. The van der Waals surface area contributed by atoms with Crippen LogP contribution >= 0.6 is 11.3 Å². The normalized spacial score (nSPS) is 15.1. The van der Waals surface area contributed by atoms with Crippen molar-refractivity contribution in [3.63, 3.8) is 0 Å². The van der Waals surface area contributed by atoms with Crippen molar-refractivity contribution in [1.29, 1.82) is 0 Å². The Labute approximate surface area is 219 Å². The Morgan fingerprint density at radius 2 is 1.78 bits per heavy atom. The number of benzene rings is 3. The molecule has 1 saturated heterocycles. The van der Waals surface area contributed by atoms with E-state index in [9.17, 15) is 17.6 Å². The van der Waals surface area contributed by atoms with Gasteiger partial charge in [0.2, 0.25) is 15.9 Å². The van der Waals surface area contributed by atoms with Crippen molar-refractivity contribution in [3.05, 3.63) is 84.2 Å². The van der Waals surface area contributed by atoms with Gasteiger partial charge in [0.25, 0.3) is 0 Å². The summed E-state index contributed by atoms with van der Waals surface area (Å²) >= 11 is 1.43. The van der Waals surface area contributed by atoms with Crippen LogP contribution in [-0.2, 0) is 21.4 Å². The minimum absolute atomic E-state index is 0.0992. The molecule has 1 fully saturated rings. The minimum atomic E-state index is -3.98. The molecule has 7 nitrogen and oxygen atoms in total. The van der Waals surface area contributed by atoms with E-state index in [-0.39, 0.29) is 29.8 Å². The van der Waals surface area contributed by atoms with Gasteiger partial charge in [-0.05, 0) is 42.7 Å². The lowest BCUT2D eigenvalue weighted by Gasteiger charge is -2.33. The van der Waals surface area contributed by atoms with Crippen molar-refractivity contribution in [2.75, 3.05) is 25.1 Å². The molecule has 0 radical (unpaired) electrons. The quantitative estimate of drug-likeness (QED) is 0.327. The molecule has 0 unspecified atom stereocenters. The maximum atomic E-state index is 14.2. The van der Waals surface area contributed by atoms with E-state index in [1.54, 1.807) is 12.0 Å². The number of fused-ring (bicyclic) bond motifs is 1. The number of amides is 1. The number of hydrogen-bond acceptors (Lipinski definition) is 6. The molecule has 37 heavy (non-hydrogen) atoms. The molecule has 1 amide bonds. The number of aromatic nitrogens is 1. The van der Waals surface area contributed by atoms with E-state index in [0.29, 0.717) is 30.3 Å². The van der Waals surface area contributed by atoms with Crippen molar-refractivity contribution >= 4 is 42.6 Å².